The van der Waals surface area contributed by atoms with Crippen molar-refractivity contribution in [1.29, 1.82) is 0 Å². The van der Waals surface area contributed by atoms with Crippen LogP contribution < -0.4 is 0 Å². The molecule has 0 amide bonds. The molecule has 0 saturated heterocycles. The molecule has 22 heavy (non-hydrogen) atoms. The lowest BCUT2D eigenvalue weighted by molar-refractivity contribution is -0.129. The zero-order valence-electron chi connectivity index (χ0n) is 13.5. The molecule has 1 aromatic rings. The van der Waals surface area contributed by atoms with Crippen LogP contribution in [0.1, 0.15) is 56.1 Å². The molecular formula is C20H26O2. The summed E-state index contributed by atoms with van der Waals surface area (Å²) in [5, 5.41) is 9.67. The van der Waals surface area contributed by atoms with Crippen LogP contribution in [0, 0.1) is 17.3 Å². The number of phenols is 1. The van der Waals surface area contributed by atoms with E-state index in [1.807, 2.05) is 12.1 Å². The van der Waals surface area contributed by atoms with Gasteiger partial charge >= 0.3 is 0 Å². The van der Waals surface area contributed by atoms with E-state index in [1.165, 1.54) is 17.5 Å². The molecule has 0 aliphatic heterocycles. The fraction of sp³-hybridized carbons (Fsp3) is 0.550. The van der Waals surface area contributed by atoms with E-state index >= 15 is 0 Å². The lowest BCUT2D eigenvalue weighted by Gasteiger charge is -2.48. The molecule has 2 nitrogen and oxygen atoms in total. The monoisotopic (exact) mass is 298 g/mol. The fourth-order valence-corrected chi connectivity index (χ4v) is 5.34. The second-order valence-electron chi connectivity index (χ2n) is 7.22. The van der Waals surface area contributed by atoms with Gasteiger partial charge in [0.05, 0.1) is 0 Å². The number of fused-ring (bicyclic) bond motifs is 5. The average molecular weight is 298 g/mol. The zero-order valence-corrected chi connectivity index (χ0v) is 13.5. The minimum absolute atomic E-state index is 0.0322. The Morgan fingerprint density at radius 3 is 2.73 bits per heavy atom. The molecular weight excluding hydrogens is 272 g/mol. The fourth-order valence-electron chi connectivity index (χ4n) is 5.34. The molecule has 2 heteroatoms. The largest absolute Gasteiger partial charge is 0.508 e. The number of Topliss-reactive ketones (excluding diaryl/α,β-unsaturated/α-hetero) is 1. The van der Waals surface area contributed by atoms with Gasteiger partial charge in [-0.1, -0.05) is 13.0 Å². The van der Waals surface area contributed by atoms with E-state index in [0.29, 0.717) is 29.3 Å². The van der Waals surface area contributed by atoms with Gasteiger partial charge < -0.3 is 5.11 Å². The molecule has 1 N–H and O–H groups in total. The topological polar surface area (TPSA) is 37.3 Å². The maximum atomic E-state index is 12.3. The zero-order chi connectivity index (χ0) is 15.9. The van der Waals surface area contributed by atoms with Crippen LogP contribution in [0.2, 0.25) is 0 Å². The van der Waals surface area contributed by atoms with Crippen molar-refractivity contribution < 1.29 is 9.90 Å². The number of ketones is 1. The summed E-state index contributed by atoms with van der Waals surface area (Å²) in [6.07, 6.45) is 6.34. The first kappa shape index (κ1) is 15.3. The van der Waals surface area contributed by atoms with Gasteiger partial charge in [0.15, 0.2) is 0 Å². The van der Waals surface area contributed by atoms with E-state index in [-0.39, 0.29) is 5.41 Å². The van der Waals surface area contributed by atoms with Gasteiger partial charge in [-0.2, -0.15) is 0 Å². The van der Waals surface area contributed by atoms with Crippen LogP contribution in [-0.2, 0) is 11.2 Å². The van der Waals surface area contributed by atoms with Gasteiger partial charge in [-0.15, -0.1) is 13.2 Å². The number of hydrogen-bond acceptors (Lipinski definition) is 2. The van der Waals surface area contributed by atoms with Crippen molar-refractivity contribution in [3.63, 3.8) is 0 Å². The van der Waals surface area contributed by atoms with Crippen LogP contribution >= 0.6 is 0 Å². The highest BCUT2D eigenvalue weighted by atomic mass is 16.3. The van der Waals surface area contributed by atoms with Crippen LogP contribution in [-0.4, -0.2) is 10.9 Å². The van der Waals surface area contributed by atoms with Gasteiger partial charge in [0.25, 0.3) is 0 Å². The highest BCUT2D eigenvalue weighted by Gasteiger charge is 2.54. The van der Waals surface area contributed by atoms with Gasteiger partial charge in [-0.25, -0.2) is 0 Å². The molecule has 118 valence electrons. The van der Waals surface area contributed by atoms with Crippen molar-refractivity contribution in [2.24, 2.45) is 17.3 Å². The Kier molecular flexibility index (Phi) is 3.88. The molecule has 0 aromatic heterocycles. The predicted octanol–water partition coefficient (Wildman–Crippen LogP) is 4.62. The summed E-state index contributed by atoms with van der Waals surface area (Å²) < 4.78 is 0. The molecule has 0 spiro atoms. The maximum Gasteiger partial charge on any atom is 0.139 e. The number of aromatic hydroxyl groups is 1. The second-order valence-corrected chi connectivity index (χ2v) is 7.22. The molecule has 3 aliphatic carbocycles. The second kappa shape index (κ2) is 5.57. The summed E-state index contributed by atoms with van der Waals surface area (Å²) in [6, 6.07) is 5.90. The first-order chi connectivity index (χ1) is 10.6. The van der Waals surface area contributed by atoms with Crippen molar-refractivity contribution >= 4 is 5.78 Å². The standard InChI is InChI=1S/C18H22O2.C2H4/c1-18-9-8-14-13-5-3-12(19)10-11(13)2-4-15(14)16(18)6-7-17(18)20;1-2/h3,5,10,14-16,19H,2,4,6-9H2,1H3;1-2H2/t14-,15-,16+,18+;/m1./s1. The van der Waals surface area contributed by atoms with E-state index in [9.17, 15) is 9.90 Å². The first-order valence-corrected chi connectivity index (χ1v) is 8.45. The quantitative estimate of drug-likeness (QED) is 0.710. The van der Waals surface area contributed by atoms with Crippen LogP contribution in [0.15, 0.2) is 31.4 Å². The maximum absolute atomic E-state index is 12.3. The lowest BCUT2D eigenvalue weighted by atomic mass is 9.55. The van der Waals surface area contributed by atoms with Crippen molar-refractivity contribution in [2.75, 3.05) is 0 Å². The Morgan fingerprint density at radius 2 is 1.95 bits per heavy atom. The van der Waals surface area contributed by atoms with Gasteiger partial charge in [-0.3, -0.25) is 4.79 Å². The van der Waals surface area contributed by atoms with E-state index in [0.717, 1.165) is 32.1 Å². The van der Waals surface area contributed by atoms with Gasteiger partial charge in [-0.05, 0) is 73.1 Å². The van der Waals surface area contributed by atoms with Gasteiger partial charge in [0.2, 0.25) is 0 Å². The Labute approximate surface area is 133 Å². The summed E-state index contributed by atoms with van der Waals surface area (Å²) in [4.78, 5) is 12.3. The molecule has 0 bridgehead atoms. The number of benzene rings is 1. The molecule has 1 aromatic carbocycles. The summed E-state index contributed by atoms with van der Waals surface area (Å²) >= 11 is 0. The predicted molar refractivity (Wildman–Crippen MR) is 89.0 cm³/mol. The van der Waals surface area contributed by atoms with E-state index in [1.54, 1.807) is 0 Å². The summed E-state index contributed by atoms with van der Waals surface area (Å²) in [7, 11) is 0. The third-order valence-electron chi connectivity index (χ3n) is 6.42. The number of phenolic OH excluding ortho intramolecular Hbond substituents is 1. The van der Waals surface area contributed by atoms with Crippen LogP contribution in [0.5, 0.6) is 5.75 Å². The molecule has 0 unspecified atom stereocenters. The molecule has 4 rings (SSSR count). The Bertz CT molecular complexity index is 591. The van der Waals surface area contributed by atoms with Gasteiger partial charge in [0, 0.05) is 11.8 Å². The summed E-state index contributed by atoms with van der Waals surface area (Å²) in [6.45, 7) is 8.22. The lowest BCUT2D eigenvalue weighted by Crippen LogP contribution is -2.42. The number of carbonyl (C=O) groups excluding carboxylic acids is 1. The molecule has 4 atom stereocenters. The highest BCUT2D eigenvalue weighted by Crippen LogP contribution is 2.59. The summed E-state index contributed by atoms with van der Waals surface area (Å²) in [5.41, 5.74) is 2.75. The molecule has 3 aliphatic rings. The third-order valence-corrected chi connectivity index (χ3v) is 6.42. The SMILES string of the molecule is C=C.C[C@]12CC[C@@H]3c4ccc(O)cc4CC[C@H]3[C@@H]1CCC2=O. The molecule has 0 heterocycles. The number of hydrogen-bond donors (Lipinski definition) is 1. The van der Waals surface area contributed by atoms with E-state index < -0.39 is 0 Å². The van der Waals surface area contributed by atoms with Crippen molar-refractivity contribution in [2.45, 2.75) is 51.4 Å². The van der Waals surface area contributed by atoms with Crippen molar-refractivity contribution in [3.05, 3.63) is 42.5 Å². The molecule has 2 saturated carbocycles. The normalized spacial score (nSPS) is 35.7. The summed E-state index contributed by atoms with van der Waals surface area (Å²) in [5.74, 6) is 2.78. The number of carbonyl (C=O) groups is 1. The van der Waals surface area contributed by atoms with Crippen molar-refractivity contribution in [1.82, 2.24) is 0 Å². The van der Waals surface area contributed by atoms with E-state index in [4.69, 9.17) is 0 Å². The van der Waals surface area contributed by atoms with Crippen LogP contribution in [0.4, 0.5) is 0 Å². The Morgan fingerprint density at radius 1 is 1.18 bits per heavy atom. The van der Waals surface area contributed by atoms with Gasteiger partial charge in [0.1, 0.15) is 11.5 Å². The first-order valence-electron chi connectivity index (χ1n) is 8.45. The molecule has 2 fully saturated rings. The minimum Gasteiger partial charge on any atom is -0.508 e. The van der Waals surface area contributed by atoms with E-state index in [2.05, 4.69) is 26.1 Å². The Balaban J connectivity index is 0.000000693. The molecule has 0 radical (unpaired) electrons. The highest BCUT2D eigenvalue weighted by molar-refractivity contribution is 5.87. The third kappa shape index (κ3) is 2.12. The number of aryl methyl sites for hydroxylation is 1. The van der Waals surface area contributed by atoms with Crippen molar-refractivity contribution in [3.8, 4) is 5.75 Å². The number of rotatable bonds is 0. The smallest absolute Gasteiger partial charge is 0.139 e. The van der Waals surface area contributed by atoms with Crippen LogP contribution in [0.3, 0.4) is 0 Å². The average Bonchev–Trinajstić information content (AvgIpc) is 2.84. The Hall–Kier alpha value is -1.57. The van der Waals surface area contributed by atoms with Crippen LogP contribution in [0.25, 0.3) is 0 Å². The minimum atomic E-state index is -0.0322.